The lowest BCUT2D eigenvalue weighted by molar-refractivity contribution is -0.144. The molecule has 9 nitrogen and oxygen atoms in total. The Bertz CT molecular complexity index is 950. The number of piperazine rings is 1. The third-order valence-electron chi connectivity index (χ3n) is 8.86. The number of amides is 1. The van der Waals surface area contributed by atoms with Gasteiger partial charge in [0.05, 0.1) is 30.3 Å². The highest BCUT2D eigenvalue weighted by Crippen LogP contribution is 2.60. The Balaban J connectivity index is 1.33. The van der Waals surface area contributed by atoms with Gasteiger partial charge in [0.1, 0.15) is 11.7 Å². The Morgan fingerprint density at radius 3 is 2.48 bits per heavy atom. The quantitative estimate of drug-likeness (QED) is 0.492. The number of amidine groups is 1. The van der Waals surface area contributed by atoms with E-state index in [1.54, 1.807) is 18.6 Å². The number of nitriles is 1. The summed E-state index contributed by atoms with van der Waals surface area (Å²) in [4.78, 5) is 30.5. The van der Waals surface area contributed by atoms with Gasteiger partial charge >= 0.3 is 0 Å². The molecule has 3 unspecified atom stereocenters. The highest BCUT2D eigenvalue weighted by Gasteiger charge is 2.58. The standard InChI is InChI=1S/C24H34N8O/c1-23(2-3-25,32-8-6-31(7-9-32)19-15-28-4-5-29-19)21(26)30-20-17-10-16-11-18(20)14-24(12-16,13-17)22(27)33/h4-5,15-18,20H,2,6-14H2,1H3,(H2,26,30)(H2,27,33). The van der Waals surface area contributed by atoms with E-state index in [1.807, 2.05) is 6.92 Å². The van der Waals surface area contributed by atoms with Gasteiger partial charge in [-0.15, -0.1) is 0 Å². The van der Waals surface area contributed by atoms with Crippen molar-refractivity contribution in [1.82, 2.24) is 14.9 Å². The lowest BCUT2D eigenvalue weighted by Gasteiger charge is -2.58. The molecule has 4 bridgehead atoms. The zero-order valence-corrected chi connectivity index (χ0v) is 19.4. The van der Waals surface area contributed by atoms with Crippen molar-refractivity contribution < 1.29 is 4.79 Å². The third-order valence-corrected chi connectivity index (χ3v) is 8.86. The summed E-state index contributed by atoms with van der Waals surface area (Å²) in [6, 6.07) is 2.48. The maximum atomic E-state index is 12.3. The predicted octanol–water partition coefficient (Wildman–Crippen LogP) is 1.31. The van der Waals surface area contributed by atoms with E-state index < -0.39 is 5.54 Å². The zero-order valence-electron chi connectivity index (χ0n) is 19.4. The van der Waals surface area contributed by atoms with Crippen LogP contribution in [0.3, 0.4) is 0 Å². The fourth-order valence-electron chi connectivity index (χ4n) is 7.21. The maximum absolute atomic E-state index is 12.3. The fourth-order valence-corrected chi connectivity index (χ4v) is 7.21. The summed E-state index contributed by atoms with van der Waals surface area (Å²) < 4.78 is 0. The van der Waals surface area contributed by atoms with E-state index in [1.165, 1.54) is 0 Å². The number of aromatic nitrogens is 2. The van der Waals surface area contributed by atoms with E-state index in [4.69, 9.17) is 16.5 Å². The van der Waals surface area contributed by atoms with Crippen LogP contribution in [-0.4, -0.2) is 64.4 Å². The van der Waals surface area contributed by atoms with Gasteiger partial charge in [-0.2, -0.15) is 5.26 Å². The molecule has 4 saturated carbocycles. The number of primary amides is 1. The van der Waals surface area contributed by atoms with E-state index >= 15 is 0 Å². The smallest absolute Gasteiger partial charge is 0.223 e. The van der Waals surface area contributed by atoms with Crippen molar-refractivity contribution in [2.45, 2.75) is 57.0 Å². The molecule has 0 radical (unpaired) electrons. The van der Waals surface area contributed by atoms with Crippen LogP contribution in [0.4, 0.5) is 5.82 Å². The van der Waals surface area contributed by atoms with E-state index in [2.05, 4.69) is 25.8 Å². The zero-order chi connectivity index (χ0) is 23.2. The molecule has 5 fully saturated rings. The second kappa shape index (κ2) is 8.24. The minimum Gasteiger partial charge on any atom is -0.386 e. The van der Waals surface area contributed by atoms with E-state index in [0.29, 0.717) is 30.0 Å². The van der Waals surface area contributed by atoms with Gasteiger partial charge in [0.15, 0.2) is 0 Å². The van der Waals surface area contributed by atoms with E-state index in [0.717, 1.165) is 64.1 Å². The van der Waals surface area contributed by atoms with Gasteiger partial charge in [0.25, 0.3) is 0 Å². The highest BCUT2D eigenvalue weighted by molar-refractivity contribution is 5.90. The van der Waals surface area contributed by atoms with Crippen LogP contribution in [-0.2, 0) is 4.79 Å². The average Bonchev–Trinajstić information content (AvgIpc) is 2.81. The van der Waals surface area contributed by atoms with Crippen molar-refractivity contribution in [2.24, 2.45) is 39.6 Å². The summed E-state index contributed by atoms with van der Waals surface area (Å²) in [7, 11) is 0. The van der Waals surface area contributed by atoms with Crippen molar-refractivity contribution in [3.8, 4) is 6.07 Å². The molecule has 1 saturated heterocycles. The van der Waals surface area contributed by atoms with Crippen LogP contribution in [0.15, 0.2) is 23.6 Å². The Morgan fingerprint density at radius 1 is 1.21 bits per heavy atom. The molecular weight excluding hydrogens is 416 g/mol. The number of carbonyl (C=O) groups is 1. The summed E-state index contributed by atoms with van der Waals surface area (Å²) >= 11 is 0. The predicted molar refractivity (Wildman–Crippen MR) is 125 cm³/mol. The van der Waals surface area contributed by atoms with Gasteiger partial charge in [0, 0.05) is 44.0 Å². The van der Waals surface area contributed by atoms with Gasteiger partial charge in [-0.05, 0) is 56.8 Å². The molecule has 1 aromatic rings. The van der Waals surface area contributed by atoms with Crippen molar-refractivity contribution in [3.63, 3.8) is 0 Å². The number of anilines is 1. The first-order valence-electron chi connectivity index (χ1n) is 12.1. The molecule has 3 atom stereocenters. The Labute approximate surface area is 195 Å². The topological polar surface area (TPSA) is 138 Å². The minimum atomic E-state index is -0.612. The van der Waals surface area contributed by atoms with Gasteiger partial charge in [-0.1, -0.05) is 0 Å². The molecule has 4 aliphatic carbocycles. The van der Waals surface area contributed by atoms with Crippen LogP contribution in [0, 0.1) is 34.5 Å². The first-order chi connectivity index (χ1) is 15.8. The van der Waals surface area contributed by atoms with E-state index in [-0.39, 0.29) is 17.4 Å². The van der Waals surface area contributed by atoms with Gasteiger partial charge in [-0.25, -0.2) is 4.98 Å². The third kappa shape index (κ3) is 3.74. The number of hydrogen-bond acceptors (Lipinski definition) is 7. The van der Waals surface area contributed by atoms with Crippen LogP contribution < -0.4 is 16.4 Å². The summed E-state index contributed by atoms with van der Waals surface area (Å²) in [5, 5.41) is 9.65. The summed E-state index contributed by atoms with van der Waals surface area (Å²) in [5.74, 6) is 2.61. The number of hydrogen-bond donors (Lipinski definition) is 2. The second-order valence-corrected chi connectivity index (χ2v) is 10.8. The molecule has 33 heavy (non-hydrogen) atoms. The lowest BCUT2D eigenvalue weighted by Crippen LogP contribution is -2.62. The molecule has 0 spiro atoms. The molecule has 1 amide bonds. The number of nitrogens with two attached hydrogens (primary N) is 2. The van der Waals surface area contributed by atoms with Crippen LogP contribution in [0.25, 0.3) is 0 Å². The second-order valence-electron chi connectivity index (χ2n) is 10.8. The Hall–Kier alpha value is -2.73. The maximum Gasteiger partial charge on any atom is 0.223 e. The fraction of sp³-hybridized carbons (Fsp3) is 0.708. The van der Waals surface area contributed by atoms with Crippen LogP contribution in [0.5, 0.6) is 0 Å². The average molecular weight is 451 g/mol. The number of carbonyl (C=O) groups excluding carboxylic acids is 1. The van der Waals surface area contributed by atoms with Crippen molar-refractivity contribution in [1.29, 1.82) is 5.26 Å². The number of nitrogens with zero attached hydrogens (tertiary/aromatic N) is 6. The van der Waals surface area contributed by atoms with Gasteiger partial charge < -0.3 is 16.4 Å². The molecule has 2 heterocycles. The van der Waals surface area contributed by atoms with Gasteiger partial charge in [0.2, 0.25) is 5.91 Å². The van der Waals surface area contributed by atoms with Crippen molar-refractivity contribution in [3.05, 3.63) is 18.6 Å². The van der Waals surface area contributed by atoms with Crippen molar-refractivity contribution >= 4 is 17.6 Å². The monoisotopic (exact) mass is 450 g/mol. The first-order valence-corrected chi connectivity index (χ1v) is 12.1. The molecule has 9 heteroatoms. The molecule has 0 aromatic carbocycles. The summed E-state index contributed by atoms with van der Waals surface area (Å²) in [6.07, 6.45) is 10.3. The first kappa shape index (κ1) is 22.1. The molecule has 5 aliphatic rings. The van der Waals surface area contributed by atoms with Gasteiger partial charge in [-0.3, -0.25) is 19.7 Å². The number of rotatable bonds is 6. The Kier molecular flexibility index (Phi) is 5.52. The van der Waals surface area contributed by atoms with E-state index in [9.17, 15) is 10.1 Å². The molecule has 176 valence electrons. The van der Waals surface area contributed by atoms with Crippen molar-refractivity contribution in [2.75, 3.05) is 31.1 Å². The van der Waals surface area contributed by atoms with Crippen LogP contribution in [0.1, 0.15) is 45.4 Å². The molecule has 4 N–H and O–H groups in total. The lowest BCUT2D eigenvalue weighted by atomic mass is 9.48. The number of aliphatic imine (C=N–C) groups is 1. The molecular formula is C24H34N8O. The summed E-state index contributed by atoms with van der Waals surface area (Å²) in [6.45, 7) is 5.19. The molecule has 1 aliphatic heterocycles. The minimum absolute atomic E-state index is 0.132. The SMILES string of the molecule is CC(CC#N)(C(N)=NC1C2CC3CC1CC(C(N)=O)(C3)C2)N1CCN(c2cnccn2)CC1. The highest BCUT2D eigenvalue weighted by atomic mass is 16.1. The molecule has 6 rings (SSSR count). The Morgan fingerprint density at radius 2 is 1.91 bits per heavy atom. The largest absolute Gasteiger partial charge is 0.386 e. The van der Waals surface area contributed by atoms with Crippen LogP contribution >= 0.6 is 0 Å². The molecule has 1 aromatic heterocycles. The van der Waals surface area contributed by atoms with Crippen LogP contribution in [0.2, 0.25) is 0 Å². The normalized spacial score (nSPS) is 35.8. The summed E-state index contributed by atoms with van der Waals surface area (Å²) in [5.41, 5.74) is 11.6.